The maximum Gasteiger partial charge on any atom is 2.00 e. The molecule has 0 spiro atoms. The molecule has 0 saturated heterocycles. The Hall–Kier alpha value is 3.51. The van der Waals surface area contributed by atoms with Crippen molar-refractivity contribution in [2.24, 2.45) is 150 Å². The number of carbonyl (C=O) groups excluding carboxylic acids is 4. The number of ketones is 2. The van der Waals surface area contributed by atoms with E-state index >= 15 is 0 Å². The van der Waals surface area contributed by atoms with Crippen LogP contribution in [0.4, 0.5) is 0 Å². The summed E-state index contributed by atoms with van der Waals surface area (Å²) in [6.07, 6.45) is 31.0. The molecular weight excluding hydrogens is 2120 g/mol. The molecule has 12 unspecified atom stereocenters. The van der Waals surface area contributed by atoms with Gasteiger partial charge in [-0.2, -0.15) is 0 Å². The maximum absolute atomic E-state index is 13.1. The summed E-state index contributed by atoms with van der Waals surface area (Å²) in [6, 6.07) is 0. The average molecular weight is 2280 g/mol. The van der Waals surface area contributed by atoms with Crippen molar-refractivity contribution in [1.82, 2.24) is 0 Å². The van der Waals surface area contributed by atoms with Crippen LogP contribution in [0, 0.1) is 157 Å². The first-order valence-electron chi connectivity index (χ1n) is 41.9. The summed E-state index contributed by atoms with van der Waals surface area (Å²) in [5, 5.41) is 69.3. The summed E-state index contributed by atoms with van der Waals surface area (Å²) in [5.41, 5.74) is 6.47. The van der Waals surface area contributed by atoms with Crippen LogP contribution < -0.4 is 46.5 Å². The predicted molar refractivity (Wildman–Crippen MR) is 498 cm³/mol. The molecule has 13 nitrogen and oxygen atoms in total. The Kier molecular flexibility index (Phi) is 43.8. The minimum absolute atomic E-state index is 0. The van der Waals surface area contributed by atoms with Crippen molar-refractivity contribution in [3.8, 4) is 0 Å². The standard InChI is InChI=1S/C23H36O3.C23H34O3.C20H32O3.C20H30O3.2CH3I.CH4O.CH4.CH3.B.BrH.3HI.Mg.Na.V.H/c2*1-13-8-9-22(4)16(10-13)6-7-17-18-11-19(26-15(3)24)21(25)23(18,5)12-14(2)20(17)22;2*1-11-10-20(3)15(9-16(22)18(20)23)14-5-4-12-8-13(21)6-7-19(12,2)17(11)14;3*1-2;;;;;;;;;;;/h6,13-14,17-21,25H,7-12H2,1-5H3;6,13-14,17-20H,7-12H2,1-5H3;4,11,13-18,21-23H,5-10H2,1-3H3;4,11,13-17,21-22H,5-10H2,1-3H3;2*1H3;2H,1H3;1H4;1H3;;4*1H;;;;/q;;;;;;;;-1;;;;;;+2;+1;+3;-1/p-4/t13-,14-,17?,18?,19+,20?,21-,22-,23-;13-,14-,17?,18?,19+,20?,22-,23-;11-,13-,14?,15?,16+,17?,18-,19-,20-;11-,13-,14?,15?,16+,17?,19-,20-;;;;;;;;;;;;;;/m0000............../s1. The quantitative estimate of drug-likeness (QED) is 0.0341. The number of rotatable bonds is 2. The van der Waals surface area contributed by atoms with Crippen molar-refractivity contribution in [2.75, 3.05) is 17.0 Å². The van der Waals surface area contributed by atoms with Crippen LogP contribution in [0.5, 0.6) is 0 Å². The molecule has 0 amide bonds. The van der Waals surface area contributed by atoms with E-state index in [1.165, 1.54) is 63.5 Å². The molecule has 645 valence electrons. The van der Waals surface area contributed by atoms with Gasteiger partial charge in [-0.25, -0.2) is 0 Å². The van der Waals surface area contributed by atoms with Gasteiger partial charge in [0.05, 0.1) is 30.5 Å². The number of esters is 2. The van der Waals surface area contributed by atoms with Crippen molar-refractivity contribution < 1.29 is 117 Å². The number of aliphatic hydroxyl groups is 7. The van der Waals surface area contributed by atoms with Crippen LogP contribution in [0.2, 0.25) is 0 Å². The molecule has 0 aliphatic heterocycles. The molecule has 0 aromatic rings. The van der Waals surface area contributed by atoms with Gasteiger partial charge < -0.3 is 71.1 Å². The Balaban J connectivity index is 0.000000491. The largest absolute Gasteiger partial charge is 2.00 e. The number of hydrogen-bond acceptors (Lipinski definition) is 13. The van der Waals surface area contributed by atoms with Gasteiger partial charge >= 0.3 is 129 Å². The fraction of sp³-hybridized carbons (Fsp3) is 0.857. The first-order valence-corrected chi connectivity index (χ1v) is 59.7. The Morgan fingerprint density at radius 2 is 0.772 bits per heavy atom. The van der Waals surface area contributed by atoms with Gasteiger partial charge in [-0.05, 0) is 298 Å². The van der Waals surface area contributed by atoms with Gasteiger partial charge in [0.1, 0.15) is 12.2 Å². The van der Waals surface area contributed by atoms with E-state index in [2.05, 4.69) is 226 Å². The molecule has 16 rings (SSSR count). The van der Waals surface area contributed by atoms with E-state index in [0.29, 0.717) is 112 Å². The fourth-order valence-corrected chi connectivity index (χ4v) is 30.0. The van der Waals surface area contributed by atoms with Crippen LogP contribution in [0.3, 0.4) is 0 Å². The van der Waals surface area contributed by atoms with Gasteiger partial charge in [-0.3, -0.25) is 19.2 Å². The van der Waals surface area contributed by atoms with Crippen LogP contribution in [0.15, 0.2) is 46.6 Å². The normalized spacial score (nSPS) is 47.2. The summed E-state index contributed by atoms with van der Waals surface area (Å²) in [6.45, 7) is 35.7. The van der Waals surface area contributed by atoms with Crippen molar-refractivity contribution in [3.05, 3.63) is 54.0 Å². The molecule has 12 fully saturated rings. The maximum atomic E-state index is 13.1. The van der Waals surface area contributed by atoms with Crippen molar-refractivity contribution in [3.63, 3.8) is 0 Å². The third-order valence-corrected chi connectivity index (χ3v) is 33.8. The van der Waals surface area contributed by atoms with E-state index in [1.807, 2.05) is 9.86 Å². The zero-order valence-corrected chi connectivity index (χ0v) is 90.1. The number of alkyl halides is 2. The molecule has 12 saturated carbocycles. The number of fused-ring (bicyclic) bond motifs is 20. The fourth-order valence-electron chi connectivity index (χ4n) is 30.0. The molecule has 0 bridgehead atoms. The van der Waals surface area contributed by atoms with Gasteiger partial charge in [0.15, 0.2) is 17.7 Å². The van der Waals surface area contributed by atoms with Gasteiger partial charge in [0.2, 0.25) is 0 Å². The molecule has 0 aromatic heterocycles. The first kappa shape index (κ1) is 112. The molecule has 16 aliphatic carbocycles. The number of hydrogen-bond donors (Lipinski definition) is 7. The van der Waals surface area contributed by atoms with Crippen LogP contribution in [-0.4, -0.2) is 157 Å². The van der Waals surface area contributed by atoms with E-state index in [4.69, 9.17) is 14.6 Å². The molecule has 34 atom stereocenters. The molecule has 0 heterocycles. The van der Waals surface area contributed by atoms with Crippen LogP contribution in [-0.2, 0) is 33.6 Å². The zero-order chi connectivity index (χ0) is 80.4. The summed E-state index contributed by atoms with van der Waals surface area (Å²) >= 11 is 11.7. The van der Waals surface area contributed by atoms with E-state index in [9.17, 15) is 49.8 Å². The predicted octanol–water partition coefficient (Wildman–Crippen LogP) is 14.5. The summed E-state index contributed by atoms with van der Waals surface area (Å²) in [5.74, 6) is 9.90. The summed E-state index contributed by atoms with van der Waals surface area (Å²) in [7, 11) is 1.00. The van der Waals surface area contributed by atoms with Crippen molar-refractivity contribution >= 4 is 160 Å². The minimum Gasteiger partial charge on any atom is 1.00 e. The van der Waals surface area contributed by atoms with E-state index < -0.39 is 30.5 Å². The van der Waals surface area contributed by atoms with Gasteiger partial charge in [0.25, 0.3) is 0 Å². The number of Topliss-reactive ketones (excluding diaryl/α,β-unsaturated/α-hetero) is 2. The number of halogens is 6. The monoisotopic (exact) mass is 2270 g/mol. The Bertz CT molecular complexity index is 3350. The van der Waals surface area contributed by atoms with Crippen LogP contribution in [0.1, 0.15) is 274 Å². The van der Waals surface area contributed by atoms with Crippen LogP contribution in [0.25, 0.3) is 0 Å². The smallest absolute Gasteiger partial charge is 1.00 e. The molecule has 3 radical (unpaired) electrons. The minimum atomic E-state index is -0.748. The molecule has 23 heteroatoms. The van der Waals surface area contributed by atoms with E-state index in [1.54, 1.807) is 11.1 Å². The van der Waals surface area contributed by atoms with E-state index in [-0.39, 0.29) is 174 Å². The van der Waals surface area contributed by atoms with Crippen LogP contribution >= 0.6 is 105 Å². The van der Waals surface area contributed by atoms with Gasteiger partial charge in [0, 0.05) is 45.6 Å². The molecule has 16 aliphatic rings. The van der Waals surface area contributed by atoms with Crippen molar-refractivity contribution in [1.29, 1.82) is 0 Å². The Labute approximate surface area is 809 Å². The first-order chi connectivity index (χ1) is 50.6. The molecule has 114 heavy (non-hydrogen) atoms. The summed E-state index contributed by atoms with van der Waals surface area (Å²) in [4.78, 5) is 52.4. The second-order valence-electron chi connectivity index (χ2n) is 39.9. The number of allylic oxidation sites excluding steroid dienone is 6. The van der Waals surface area contributed by atoms with Crippen molar-refractivity contribution in [2.45, 2.75) is 321 Å². The van der Waals surface area contributed by atoms with Gasteiger partial charge in [-0.15, -0.1) is 0 Å². The molecule has 0 aromatic carbocycles. The topological polar surface area (TPSA) is 228 Å². The van der Waals surface area contributed by atoms with Gasteiger partial charge in [-0.1, -0.05) is 196 Å². The number of ether oxygens (including phenoxy) is 2. The number of aliphatic hydroxyl groups excluding tert-OH is 7. The Morgan fingerprint density at radius 3 is 1.14 bits per heavy atom. The summed E-state index contributed by atoms with van der Waals surface area (Å²) < 4.78 is 11.0. The van der Waals surface area contributed by atoms with E-state index in [0.717, 1.165) is 128 Å². The second kappa shape index (κ2) is 44.7. The molecular formula is C91H150BBrI5MgNaO13V. The third-order valence-electron chi connectivity index (χ3n) is 33.8. The number of carbonyl (C=O) groups is 4. The second-order valence-corrected chi connectivity index (χ2v) is 75.2. The third kappa shape index (κ3) is 21.2. The Morgan fingerprint density at radius 1 is 0.465 bits per heavy atom. The average Bonchev–Trinajstić information content (AvgIpc) is 1.67. The molecule has 7 N–H and O–H groups in total. The zero-order valence-electron chi connectivity index (χ0n) is 73.9. The SMILES string of the molecule is C.CC(=O)O[C@@H]1CC2C3CC=C4C[C@@H](C)CC[C@]4(C)C3[C@@H](C)C[C@]2(C)C1=O.CC(=O)O[C@@H]1CC2C3CC=C4C[C@@H](C)CC[C@]4(C)C3[C@@H](C)C[C@]2(C)[C@H]1O.CI.CI.CO.C[C@H]1C[C@@]2(C)C(C[C@@H](O)[C@@H]2O)C2CC=C3C[C@@H](O)CC[C@]3(C)C21.C[C@H]1C[C@]2(C)C(=O)[C@H](O)CC2C2CC=C3C[C@@H](O)CC[C@]3(C)C21.[B].[Br-].[CH3-].[H-].[I][V]([I])[I].[Mg+2].[Na+].